The van der Waals surface area contributed by atoms with Crippen LogP contribution >= 0.6 is 15.9 Å². The van der Waals surface area contributed by atoms with Crippen LogP contribution in [-0.2, 0) is 16.6 Å². The molecule has 7 rings (SSSR count). The molecule has 3 heteroatoms. The molecule has 2 aliphatic carbocycles. The van der Waals surface area contributed by atoms with E-state index in [4.69, 9.17) is 0 Å². The summed E-state index contributed by atoms with van der Waals surface area (Å²) < 4.78 is 0.835. The SMILES string of the molecule is CC1(c2ccccc2)CC=CC=C1C1(O)c2ccccc2C(O)(c2ccccc2-c2ccccc2)c2cc(Br)ccc21. The van der Waals surface area contributed by atoms with Crippen molar-refractivity contribution in [2.75, 3.05) is 0 Å². The topological polar surface area (TPSA) is 40.5 Å². The molecule has 0 amide bonds. The zero-order valence-corrected chi connectivity index (χ0v) is 24.9. The fourth-order valence-corrected chi connectivity index (χ4v) is 7.51. The van der Waals surface area contributed by atoms with Crippen LogP contribution in [0.3, 0.4) is 0 Å². The zero-order chi connectivity index (χ0) is 29.0. The first kappa shape index (κ1) is 26.9. The number of hydrogen-bond donors (Lipinski definition) is 2. The lowest BCUT2D eigenvalue weighted by Crippen LogP contribution is -2.48. The molecule has 5 aromatic rings. The third kappa shape index (κ3) is 3.85. The molecule has 0 aliphatic heterocycles. The average Bonchev–Trinajstić information content (AvgIpc) is 3.04. The molecule has 0 fully saturated rings. The summed E-state index contributed by atoms with van der Waals surface area (Å²) in [6.07, 6.45) is 7.04. The molecular weight excluding hydrogens is 580 g/mol. The summed E-state index contributed by atoms with van der Waals surface area (Å²) in [5.74, 6) is 0. The zero-order valence-electron chi connectivity index (χ0n) is 23.3. The summed E-state index contributed by atoms with van der Waals surface area (Å²) in [6, 6.07) is 42.4. The van der Waals surface area contributed by atoms with Crippen LogP contribution in [0.15, 0.2) is 156 Å². The van der Waals surface area contributed by atoms with Crippen molar-refractivity contribution in [3.05, 3.63) is 189 Å². The van der Waals surface area contributed by atoms with Crippen LogP contribution in [0, 0.1) is 0 Å². The lowest BCUT2D eigenvalue weighted by Gasteiger charge is -2.50. The Morgan fingerprint density at radius 2 is 1.17 bits per heavy atom. The molecule has 5 aromatic carbocycles. The summed E-state index contributed by atoms with van der Waals surface area (Å²) in [5.41, 5.74) is 3.98. The molecule has 0 bridgehead atoms. The van der Waals surface area contributed by atoms with E-state index in [1.54, 1.807) is 0 Å². The Kier molecular flexibility index (Phi) is 6.43. The summed E-state index contributed by atoms with van der Waals surface area (Å²) in [4.78, 5) is 0. The average molecular weight is 612 g/mol. The van der Waals surface area contributed by atoms with Crippen molar-refractivity contribution in [1.29, 1.82) is 0 Å². The quantitative estimate of drug-likeness (QED) is 0.213. The molecule has 2 nitrogen and oxygen atoms in total. The highest BCUT2D eigenvalue weighted by atomic mass is 79.9. The Labute approximate surface area is 255 Å². The van der Waals surface area contributed by atoms with E-state index in [2.05, 4.69) is 77.5 Å². The number of benzene rings is 5. The van der Waals surface area contributed by atoms with Gasteiger partial charge in [0.1, 0.15) is 11.2 Å². The molecule has 3 atom stereocenters. The van der Waals surface area contributed by atoms with Crippen LogP contribution in [0.2, 0.25) is 0 Å². The minimum absolute atomic E-state index is 0.473. The van der Waals surface area contributed by atoms with Crippen LogP contribution in [0.1, 0.15) is 46.7 Å². The molecule has 0 radical (unpaired) electrons. The lowest BCUT2D eigenvalue weighted by molar-refractivity contribution is 0.0640. The minimum Gasteiger partial charge on any atom is -0.376 e. The van der Waals surface area contributed by atoms with E-state index >= 15 is 0 Å². The fourth-order valence-electron chi connectivity index (χ4n) is 7.15. The van der Waals surface area contributed by atoms with E-state index in [9.17, 15) is 10.2 Å². The number of aliphatic hydroxyl groups is 2. The van der Waals surface area contributed by atoms with Crippen molar-refractivity contribution in [3.8, 4) is 11.1 Å². The predicted octanol–water partition coefficient (Wildman–Crippen LogP) is 8.79. The van der Waals surface area contributed by atoms with Crippen LogP contribution in [-0.4, -0.2) is 10.2 Å². The second-order valence-electron chi connectivity index (χ2n) is 11.5. The molecule has 2 aliphatic rings. The Bertz CT molecular complexity index is 1860. The molecule has 0 spiro atoms. The summed E-state index contributed by atoms with van der Waals surface area (Å²) in [7, 11) is 0. The maximum absolute atomic E-state index is 13.3. The second kappa shape index (κ2) is 10.1. The first-order valence-electron chi connectivity index (χ1n) is 14.3. The summed E-state index contributed by atoms with van der Waals surface area (Å²) in [5, 5.41) is 26.6. The molecule has 206 valence electrons. The summed E-state index contributed by atoms with van der Waals surface area (Å²) in [6.45, 7) is 2.21. The van der Waals surface area contributed by atoms with Gasteiger partial charge in [-0.05, 0) is 57.5 Å². The third-order valence-corrected chi connectivity index (χ3v) is 9.68. The number of allylic oxidation sites excluding steroid dienone is 3. The van der Waals surface area contributed by atoms with Gasteiger partial charge in [0.15, 0.2) is 0 Å². The van der Waals surface area contributed by atoms with E-state index in [0.717, 1.165) is 38.7 Å². The highest BCUT2D eigenvalue weighted by Gasteiger charge is 2.55. The van der Waals surface area contributed by atoms with Crippen LogP contribution in [0.25, 0.3) is 11.1 Å². The van der Waals surface area contributed by atoms with E-state index in [1.165, 1.54) is 0 Å². The number of hydrogen-bond acceptors (Lipinski definition) is 2. The molecule has 0 saturated heterocycles. The van der Waals surface area contributed by atoms with Crippen molar-refractivity contribution in [1.82, 2.24) is 0 Å². The van der Waals surface area contributed by atoms with Gasteiger partial charge in [-0.2, -0.15) is 0 Å². The van der Waals surface area contributed by atoms with Crippen molar-refractivity contribution >= 4 is 15.9 Å². The maximum atomic E-state index is 13.3. The Hall–Kier alpha value is -4.02. The van der Waals surface area contributed by atoms with Gasteiger partial charge in [-0.25, -0.2) is 0 Å². The third-order valence-electron chi connectivity index (χ3n) is 9.19. The Morgan fingerprint density at radius 3 is 1.88 bits per heavy atom. The standard InChI is InChI=1S/C39H31BrO2/c1-37(28-16-6-3-7-17-28)25-13-12-22-36(37)39(42)33-21-11-10-20-32(33)38(41,35-26-29(40)23-24-34(35)39)31-19-9-8-18-30(31)27-14-4-2-5-15-27/h2-24,26,41-42H,25H2,1H3. The van der Waals surface area contributed by atoms with Crippen molar-refractivity contribution in [2.45, 2.75) is 30.0 Å². The molecule has 0 heterocycles. The maximum Gasteiger partial charge on any atom is 0.141 e. The van der Waals surface area contributed by atoms with Gasteiger partial charge in [-0.15, -0.1) is 0 Å². The largest absolute Gasteiger partial charge is 0.376 e. The number of rotatable bonds is 4. The highest BCUT2D eigenvalue weighted by Crippen LogP contribution is 2.58. The van der Waals surface area contributed by atoms with Crippen molar-refractivity contribution in [3.63, 3.8) is 0 Å². The van der Waals surface area contributed by atoms with Gasteiger partial charge in [-0.3, -0.25) is 0 Å². The van der Waals surface area contributed by atoms with Gasteiger partial charge in [-0.1, -0.05) is 156 Å². The summed E-state index contributed by atoms with van der Waals surface area (Å²) >= 11 is 3.69. The van der Waals surface area contributed by atoms with Gasteiger partial charge in [0.05, 0.1) is 0 Å². The Morgan fingerprint density at radius 1 is 0.595 bits per heavy atom. The molecule has 3 unspecified atom stereocenters. The van der Waals surface area contributed by atoms with Crippen LogP contribution in [0.5, 0.6) is 0 Å². The molecular formula is C39H31BrO2. The van der Waals surface area contributed by atoms with Gasteiger partial charge in [0.2, 0.25) is 0 Å². The molecule has 0 saturated carbocycles. The van der Waals surface area contributed by atoms with E-state index in [0.29, 0.717) is 22.3 Å². The predicted molar refractivity (Wildman–Crippen MR) is 173 cm³/mol. The first-order valence-corrected chi connectivity index (χ1v) is 15.1. The second-order valence-corrected chi connectivity index (χ2v) is 12.4. The monoisotopic (exact) mass is 610 g/mol. The first-order chi connectivity index (χ1) is 20.4. The van der Waals surface area contributed by atoms with E-state index in [-0.39, 0.29) is 0 Å². The Balaban J connectivity index is 1.56. The van der Waals surface area contributed by atoms with Gasteiger partial charge in [0, 0.05) is 21.0 Å². The van der Waals surface area contributed by atoms with Crippen LogP contribution < -0.4 is 0 Å². The molecule has 0 aromatic heterocycles. The van der Waals surface area contributed by atoms with E-state index in [1.807, 2.05) is 91.0 Å². The number of fused-ring (bicyclic) bond motifs is 2. The van der Waals surface area contributed by atoms with Gasteiger partial charge >= 0.3 is 0 Å². The van der Waals surface area contributed by atoms with Crippen LogP contribution in [0.4, 0.5) is 0 Å². The lowest BCUT2D eigenvalue weighted by atomic mass is 9.56. The van der Waals surface area contributed by atoms with E-state index < -0.39 is 16.6 Å². The number of halogens is 1. The van der Waals surface area contributed by atoms with Crippen molar-refractivity contribution < 1.29 is 10.2 Å². The van der Waals surface area contributed by atoms with Gasteiger partial charge in [0.25, 0.3) is 0 Å². The normalized spacial score (nSPS) is 24.4. The van der Waals surface area contributed by atoms with Gasteiger partial charge < -0.3 is 10.2 Å². The van der Waals surface area contributed by atoms with Crippen molar-refractivity contribution in [2.24, 2.45) is 0 Å². The highest BCUT2D eigenvalue weighted by molar-refractivity contribution is 9.10. The minimum atomic E-state index is -1.53. The molecule has 2 N–H and O–H groups in total. The fraction of sp³-hybridized carbons (Fsp3) is 0.128. The molecule has 42 heavy (non-hydrogen) atoms. The smallest absolute Gasteiger partial charge is 0.141 e.